The number of furan rings is 1. The Morgan fingerprint density at radius 2 is 1.32 bits per heavy atom. The van der Waals surface area contributed by atoms with E-state index in [-0.39, 0.29) is 11.3 Å². The number of aromatic nitrogens is 4. The van der Waals surface area contributed by atoms with Crippen LogP contribution in [-0.4, -0.2) is 19.5 Å². The zero-order valence-electron chi connectivity index (χ0n) is 33.0. The smallest absolute Gasteiger partial charge is 0.163 e. The molecule has 13 rings (SSSR count). The van der Waals surface area contributed by atoms with Crippen LogP contribution in [0.25, 0.3) is 99.5 Å². The van der Waals surface area contributed by atoms with Crippen molar-refractivity contribution < 1.29 is 4.42 Å². The largest absolute Gasteiger partial charge is 0.456 e. The van der Waals surface area contributed by atoms with E-state index in [1.807, 2.05) is 23.5 Å². The summed E-state index contributed by atoms with van der Waals surface area (Å²) in [7, 11) is 0. The Morgan fingerprint density at radius 3 is 2.20 bits per heavy atom. The molecule has 2 aliphatic rings. The number of hydrogen-bond acceptors (Lipinski definition) is 5. The summed E-state index contributed by atoms with van der Waals surface area (Å²) in [5.74, 6) is 2.08. The van der Waals surface area contributed by atoms with E-state index in [9.17, 15) is 0 Å². The number of rotatable bonds is 4. The summed E-state index contributed by atoms with van der Waals surface area (Å²) < 4.78 is 10.1. The fourth-order valence-corrected chi connectivity index (χ4v) is 11.5. The van der Waals surface area contributed by atoms with Crippen LogP contribution in [0.4, 0.5) is 0 Å². The summed E-state index contributed by atoms with van der Waals surface area (Å²) in [6.45, 7) is 4.74. The molecule has 1 unspecified atom stereocenters. The fourth-order valence-electron chi connectivity index (χ4n) is 10.2. The first kappa shape index (κ1) is 33.8. The van der Waals surface area contributed by atoms with Crippen molar-refractivity contribution in [2.75, 3.05) is 0 Å². The highest BCUT2D eigenvalue weighted by molar-refractivity contribution is 7.19. The lowest BCUT2D eigenvalue weighted by atomic mass is 9.81. The van der Waals surface area contributed by atoms with Crippen molar-refractivity contribution >= 4 is 71.2 Å². The van der Waals surface area contributed by atoms with E-state index < -0.39 is 0 Å². The molecule has 0 saturated heterocycles. The van der Waals surface area contributed by atoms with E-state index in [1.165, 1.54) is 64.6 Å². The van der Waals surface area contributed by atoms with Gasteiger partial charge >= 0.3 is 0 Å². The van der Waals surface area contributed by atoms with Crippen LogP contribution in [0, 0.1) is 0 Å². The quantitative estimate of drug-likeness (QED) is 0.178. The van der Waals surface area contributed by atoms with Gasteiger partial charge < -0.3 is 8.98 Å². The molecule has 0 saturated carbocycles. The van der Waals surface area contributed by atoms with Gasteiger partial charge in [0.05, 0.1) is 17.0 Å². The molecule has 60 heavy (non-hydrogen) atoms. The molecule has 5 nitrogen and oxygen atoms in total. The van der Waals surface area contributed by atoms with Crippen LogP contribution in [0.2, 0.25) is 0 Å². The molecule has 0 fully saturated rings. The van der Waals surface area contributed by atoms with Gasteiger partial charge in [-0.25, -0.2) is 15.0 Å². The van der Waals surface area contributed by atoms with Crippen LogP contribution in [0.1, 0.15) is 53.6 Å². The maximum atomic E-state index is 6.34. The molecule has 7 aromatic carbocycles. The Kier molecular flexibility index (Phi) is 7.00. The summed E-state index contributed by atoms with van der Waals surface area (Å²) in [5.41, 5.74) is 13.6. The molecular formula is C54H36N4OS. The average Bonchev–Trinajstić information content (AvgIpc) is 4.03. The first-order valence-electron chi connectivity index (χ1n) is 20.6. The van der Waals surface area contributed by atoms with Crippen LogP contribution in [0.5, 0.6) is 0 Å². The van der Waals surface area contributed by atoms with Crippen LogP contribution in [0.3, 0.4) is 0 Å². The number of thiophene rings is 1. The normalized spacial score (nSPS) is 15.3. The van der Waals surface area contributed by atoms with Crippen LogP contribution >= 0.6 is 11.3 Å². The Labute approximate surface area is 349 Å². The molecule has 0 aliphatic heterocycles. The molecule has 0 radical (unpaired) electrons. The average molecular weight is 789 g/mol. The Hall–Kier alpha value is -7.15. The fraction of sp³-hybridized carbons (Fsp3) is 0.0926. The van der Waals surface area contributed by atoms with Gasteiger partial charge in [0.1, 0.15) is 17.0 Å². The second-order valence-electron chi connectivity index (χ2n) is 16.7. The topological polar surface area (TPSA) is 56.7 Å². The van der Waals surface area contributed by atoms with Crippen LogP contribution < -0.4 is 0 Å². The Balaban J connectivity index is 0.985. The number of benzene rings is 7. The number of hydrogen-bond donors (Lipinski definition) is 0. The van der Waals surface area contributed by atoms with E-state index in [2.05, 4.69) is 170 Å². The third-order valence-corrected chi connectivity index (χ3v) is 14.3. The predicted molar refractivity (Wildman–Crippen MR) is 247 cm³/mol. The van der Waals surface area contributed by atoms with E-state index in [0.29, 0.717) is 11.6 Å². The number of allylic oxidation sites excluding steroid dienone is 1. The standard InChI is InChI=1S/C54H36N4OS/c1-54(2)43-18-7-3-12-34(43)39-28-29-40-35-13-4-8-19-44(35)58(49(40)48(39)54)33-25-22-31(23-26-33)51-55-52(32-24-27-37-36-14-5-9-20-45(36)59-46(37)30-32)57-53(56-51)42-17-11-16-41-38-15-6-10-21-47(38)60-50(41)42/h3-16,18-30,42H,17H2,1-2H3. The van der Waals surface area contributed by atoms with Crippen molar-refractivity contribution in [1.29, 1.82) is 0 Å². The Morgan fingerprint density at radius 1 is 0.617 bits per heavy atom. The molecule has 0 amide bonds. The predicted octanol–water partition coefficient (Wildman–Crippen LogP) is 14.3. The summed E-state index contributed by atoms with van der Waals surface area (Å²) in [6, 6.07) is 54.3. The van der Waals surface area contributed by atoms with Gasteiger partial charge in [-0.05, 0) is 94.2 Å². The molecule has 2 aliphatic carbocycles. The van der Waals surface area contributed by atoms with Gasteiger partial charge in [-0.15, -0.1) is 11.3 Å². The van der Waals surface area contributed by atoms with Crippen molar-refractivity contribution in [2.45, 2.75) is 31.6 Å². The minimum Gasteiger partial charge on any atom is -0.456 e. The van der Waals surface area contributed by atoms with Crippen molar-refractivity contribution in [3.8, 4) is 39.6 Å². The molecule has 6 heteroatoms. The second kappa shape index (κ2) is 12.4. The zero-order chi connectivity index (χ0) is 39.7. The molecular weight excluding hydrogens is 753 g/mol. The van der Waals surface area contributed by atoms with Crippen molar-refractivity contribution in [3.05, 3.63) is 185 Å². The number of para-hydroxylation sites is 2. The zero-order valence-corrected chi connectivity index (χ0v) is 33.8. The van der Waals surface area contributed by atoms with Crippen molar-refractivity contribution in [1.82, 2.24) is 19.5 Å². The highest BCUT2D eigenvalue weighted by atomic mass is 32.1. The lowest BCUT2D eigenvalue weighted by molar-refractivity contribution is 0.664. The van der Waals surface area contributed by atoms with E-state index >= 15 is 0 Å². The van der Waals surface area contributed by atoms with Crippen molar-refractivity contribution in [3.63, 3.8) is 0 Å². The Bertz CT molecular complexity index is 3620. The molecule has 0 N–H and O–H groups in total. The van der Waals surface area contributed by atoms with Gasteiger partial charge in [0.25, 0.3) is 0 Å². The van der Waals surface area contributed by atoms with Gasteiger partial charge in [-0.1, -0.05) is 123 Å². The number of nitrogens with zero attached hydrogens (tertiary/aromatic N) is 4. The lowest BCUT2D eigenvalue weighted by Gasteiger charge is -2.23. The summed E-state index contributed by atoms with van der Waals surface area (Å²) >= 11 is 1.85. The molecule has 4 aromatic heterocycles. The summed E-state index contributed by atoms with van der Waals surface area (Å²) in [6.07, 6.45) is 5.36. The van der Waals surface area contributed by atoms with Gasteiger partial charge in [0.2, 0.25) is 0 Å². The van der Waals surface area contributed by atoms with Gasteiger partial charge in [0, 0.05) is 53.4 Å². The highest BCUT2D eigenvalue weighted by Crippen LogP contribution is 2.53. The minimum absolute atomic E-state index is 0.00396. The maximum Gasteiger partial charge on any atom is 0.163 e. The van der Waals surface area contributed by atoms with Crippen LogP contribution in [-0.2, 0) is 5.41 Å². The molecule has 11 aromatic rings. The molecule has 284 valence electrons. The second-order valence-corrected chi connectivity index (χ2v) is 17.8. The first-order chi connectivity index (χ1) is 29.5. The third kappa shape index (κ3) is 4.76. The first-order valence-corrected chi connectivity index (χ1v) is 21.4. The van der Waals surface area contributed by atoms with Gasteiger partial charge in [0.15, 0.2) is 11.6 Å². The summed E-state index contributed by atoms with van der Waals surface area (Å²) in [4.78, 5) is 17.1. The minimum atomic E-state index is -0.164. The molecule has 0 bridgehead atoms. The highest BCUT2D eigenvalue weighted by Gasteiger charge is 2.38. The van der Waals surface area contributed by atoms with E-state index in [0.717, 1.165) is 51.0 Å². The molecule has 4 heterocycles. The van der Waals surface area contributed by atoms with Crippen LogP contribution in [0.15, 0.2) is 162 Å². The lowest BCUT2D eigenvalue weighted by Crippen LogP contribution is -2.16. The molecule has 0 spiro atoms. The van der Waals surface area contributed by atoms with E-state index in [4.69, 9.17) is 19.4 Å². The van der Waals surface area contributed by atoms with Gasteiger partial charge in [-0.3, -0.25) is 0 Å². The third-order valence-electron chi connectivity index (χ3n) is 13.0. The van der Waals surface area contributed by atoms with Crippen molar-refractivity contribution in [2.24, 2.45) is 0 Å². The van der Waals surface area contributed by atoms with Gasteiger partial charge in [-0.2, -0.15) is 0 Å². The summed E-state index contributed by atoms with van der Waals surface area (Å²) in [5, 5.41) is 5.98. The van der Waals surface area contributed by atoms with E-state index in [1.54, 1.807) is 0 Å². The maximum absolute atomic E-state index is 6.34. The molecule has 1 atom stereocenters. The SMILES string of the molecule is CC1(C)c2ccccc2-c2ccc3c4ccccc4n(-c4ccc(-c5nc(-c6ccc7c(c6)oc6ccccc67)nc(C6CC=Cc7c6sc6ccccc76)n5)cc4)c3c21. The monoisotopic (exact) mass is 788 g/mol. The number of fused-ring (bicyclic) bond motifs is 13.